The van der Waals surface area contributed by atoms with Gasteiger partial charge in [0.2, 0.25) is 0 Å². The Hall–Kier alpha value is -2.50. The molecule has 2 heterocycles. The second-order valence-electron chi connectivity index (χ2n) is 9.16. The van der Waals surface area contributed by atoms with Crippen LogP contribution in [0.25, 0.3) is 0 Å². The lowest BCUT2D eigenvalue weighted by Crippen LogP contribution is -2.39. The molecule has 0 spiro atoms. The smallest absolute Gasteiger partial charge is 0.253 e. The fourth-order valence-electron chi connectivity index (χ4n) is 4.71. The highest BCUT2D eigenvalue weighted by Crippen LogP contribution is 2.35. The average molecular weight is 451 g/mol. The predicted molar refractivity (Wildman–Crippen MR) is 129 cm³/mol. The van der Waals surface area contributed by atoms with Gasteiger partial charge in [-0.2, -0.15) is 0 Å². The lowest BCUT2D eigenvalue weighted by Gasteiger charge is -2.30. The van der Waals surface area contributed by atoms with E-state index in [0.29, 0.717) is 18.4 Å². The van der Waals surface area contributed by atoms with Crippen LogP contribution in [0.2, 0.25) is 0 Å². The van der Waals surface area contributed by atoms with Crippen molar-refractivity contribution in [3.63, 3.8) is 0 Å². The van der Waals surface area contributed by atoms with Crippen molar-refractivity contribution in [3.8, 4) is 0 Å². The topological polar surface area (TPSA) is 23.6 Å². The van der Waals surface area contributed by atoms with Crippen LogP contribution >= 0.6 is 11.3 Å². The summed E-state index contributed by atoms with van der Waals surface area (Å²) < 4.78 is 13.6. The highest BCUT2D eigenvalue weighted by Gasteiger charge is 2.36. The van der Waals surface area contributed by atoms with Gasteiger partial charge in [0.15, 0.2) is 0 Å². The van der Waals surface area contributed by atoms with Gasteiger partial charge < -0.3 is 4.90 Å². The van der Waals surface area contributed by atoms with Gasteiger partial charge in [-0.05, 0) is 53.1 Å². The summed E-state index contributed by atoms with van der Waals surface area (Å²) in [6, 6.07) is 20.7. The summed E-state index contributed by atoms with van der Waals surface area (Å²) >= 11 is 1.78. The van der Waals surface area contributed by atoms with Gasteiger partial charge in [0.25, 0.3) is 5.91 Å². The Morgan fingerprint density at radius 3 is 2.47 bits per heavy atom. The van der Waals surface area contributed by atoms with Crippen LogP contribution in [0.1, 0.15) is 40.6 Å². The first-order chi connectivity index (χ1) is 15.5. The monoisotopic (exact) mass is 450 g/mol. The van der Waals surface area contributed by atoms with Crippen LogP contribution in [-0.4, -0.2) is 41.9 Å². The number of hydrogen-bond donors (Lipinski definition) is 0. The zero-order chi connectivity index (χ0) is 22.5. The van der Waals surface area contributed by atoms with Crippen molar-refractivity contribution in [1.82, 2.24) is 9.80 Å². The van der Waals surface area contributed by atoms with Crippen molar-refractivity contribution in [1.29, 1.82) is 0 Å². The number of thiophene rings is 1. The number of benzene rings is 2. The Kier molecular flexibility index (Phi) is 7.38. The Labute approximate surface area is 194 Å². The number of amides is 1. The molecular formula is C27H31FN2OS. The molecule has 32 heavy (non-hydrogen) atoms. The van der Waals surface area contributed by atoms with Gasteiger partial charge in [-0.15, -0.1) is 11.3 Å². The molecule has 1 fully saturated rings. The normalized spacial score (nSPS) is 18.9. The average Bonchev–Trinajstić information content (AvgIpc) is 3.44. The van der Waals surface area contributed by atoms with Gasteiger partial charge in [0.05, 0.1) is 0 Å². The fraction of sp³-hybridized carbons (Fsp3) is 0.370. The molecule has 0 N–H and O–H groups in total. The molecule has 4 rings (SSSR count). The van der Waals surface area contributed by atoms with Gasteiger partial charge >= 0.3 is 0 Å². The molecule has 0 aliphatic carbocycles. The maximum atomic E-state index is 13.6. The maximum Gasteiger partial charge on any atom is 0.253 e. The molecule has 1 aliphatic rings. The van der Waals surface area contributed by atoms with Crippen LogP contribution in [0, 0.1) is 17.7 Å². The van der Waals surface area contributed by atoms with Crippen LogP contribution in [0.5, 0.6) is 0 Å². The third-order valence-corrected chi connectivity index (χ3v) is 6.98. The summed E-state index contributed by atoms with van der Waals surface area (Å²) in [5, 5.41) is 2.11. The number of carbonyl (C=O) groups is 1. The minimum Gasteiger partial charge on any atom is -0.338 e. The van der Waals surface area contributed by atoms with E-state index >= 15 is 0 Å². The van der Waals surface area contributed by atoms with E-state index in [9.17, 15) is 9.18 Å². The van der Waals surface area contributed by atoms with Gasteiger partial charge in [-0.25, -0.2) is 4.39 Å². The predicted octanol–water partition coefficient (Wildman–Crippen LogP) is 5.90. The van der Waals surface area contributed by atoms with Gasteiger partial charge in [-0.1, -0.05) is 50.2 Å². The van der Waals surface area contributed by atoms with Crippen molar-refractivity contribution >= 4 is 17.2 Å². The van der Waals surface area contributed by atoms with Crippen molar-refractivity contribution in [2.75, 3.05) is 26.2 Å². The molecule has 0 unspecified atom stereocenters. The first kappa shape index (κ1) is 22.7. The highest BCUT2D eigenvalue weighted by molar-refractivity contribution is 7.09. The molecule has 3 aromatic rings. The molecule has 1 aromatic heterocycles. The minimum absolute atomic E-state index is 0.0915. The third-order valence-electron chi connectivity index (χ3n) is 6.12. The van der Waals surface area contributed by atoms with E-state index in [1.54, 1.807) is 23.5 Å². The standard InChI is InChI=1S/C27H31FN2OS/c1-20(2)15-30(27(31)22-7-4-3-5-8-22)17-23-16-29(18-25-9-6-14-32-25)19-26(23)21-10-12-24(28)13-11-21/h3-14,20,23,26H,15-19H2,1-2H3/t23-,26-/m0/s1. The van der Waals surface area contributed by atoms with Crippen LogP contribution < -0.4 is 0 Å². The molecule has 5 heteroatoms. The second kappa shape index (κ2) is 10.4. The Morgan fingerprint density at radius 2 is 1.81 bits per heavy atom. The molecule has 0 bridgehead atoms. The van der Waals surface area contributed by atoms with Gasteiger partial charge in [0.1, 0.15) is 5.82 Å². The molecule has 1 amide bonds. The Bertz CT molecular complexity index is 988. The molecular weight excluding hydrogens is 419 g/mol. The van der Waals surface area contributed by atoms with E-state index in [-0.39, 0.29) is 17.6 Å². The molecule has 1 aliphatic heterocycles. The summed E-state index contributed by atoms with van der Waals surface area (Å²) in [6.45, 7) is 8.50. The number of nitrogens with zero attached hydrogens (tertiary/aromatic N) is 2. The summed E-state index contributed by atoms with van der Waals surface area (Å²) in [4.78, 5) is 19.2. The number of rotatable bonds is 8. The molecule has 2 atom stereocenters. The van der Waals surface area contributed by atoms with Crippen LogP contribution in [-0.2, 0) is 6.54 Å². The van der Waals surface area contributed by atoms with E-state index in [1.807, 2.05) is 47.4 Å². The van der Waals surface area contributed by atoms with Crippen LogP contribution in [0.4, 0.5) is 4.39 Å². The van der Waals surface area contributed by atoms with Crippen molar-refractivity contribution < 1.29 is 9.18 Å². The van der Waals surface area contributed by atoms with E-state index < -0.39 is 0 Å². The minimum atomic E-state index is -0.209. The fourth-order valence-corrected chi connectivity index (χ4v) is 5.46. The summed E-state index contributed by atoms with van der Waals surface area (Å²) in [7, 11) is 0. The summed E-state index contributed by atoms with van der Waals surface area (Å²) in [5.74, 6) is 0.837. The number of likely N-dealkylation sites (tertiary alicyclic amines) is 1. The van der Waals surface area contributed by atoms with Crippen molar-refractivity contribution in [3.05, 3.63) is 93.9 Å². The summed E-state index contributed by atoms with van der Waals surface area (Å²) in [6.07, 6.45) is 0. The molecule has 1 saturated heterocycles. The van der Waals surface area contributed by atoms with E-state index in [2.05, 4.69) is 36.3 Å². The van der Waals surface area contributed by atoms with Crippen LogP contribution in [0.3, 0.4) is 0 Å². The molecule has 3 nitrogen and oxygen atoms in total. The van der Waals surface area contributed by atoms with Gasteiger partial charge in [0, 0.05) is 49.1 Å². The first-order valence-corrected chi connectivity index (χ1v) is 12.2. The molecule has 168 valence electrons. The summed E-state index contributed by atoms with van der Waals surface area (Å²) in [5.41, 5.74) is 1.89. The van der Waals surface area contributed by atoms with Crippen LogP contribution in [0.15, 0.2) is 72.1 Å². The third kappa shape index (κ3) is 5.64. The zero-order valence-electron chi connectivity index (χ0n) is 18.8. The highest BCUT2D eigenvalue weighted by atomic mass is 32.1. The number of carbonyl (C=O) groups excluding carboxylic acids is 1. The molecule has 0 saturated carbocycles. The maximum absolute atomic E-state index is 13.6. The lowest BCUT2D eigenvalue weighted by molar-refractivity contribution is 0.0703. The largest absolute Gasteiger partial charge is 0.338 e. The first-order valence-electron chi connectivity index (χ1n) is 11.3. The van der Waals surface area contributed by atoms with Crippen molar-refractivity contribution in [2.45, 2.75) is 26.3 Å². The Balaban J connectivity index is 1.57. The number of hydrogen-bond acceptors (Lipinski definition) is 3. The lowest BCUT2D eigenvalue weighted by atomic mass is 9.88. The molecule has 2 aromatic carbocycles. The Morgan fingerprint density at radius 1 is 1.06 bits per heavy atom. The molecule has 0 radical (unpaired) electrons. The quantitative estimate of drug-likeness (QED) is 0.426. The van der Waals surface area contributed by atoms with Crippen molar-refractivity contribution in [2.24, 2.45) is 11.8 Å². The van der Waals surface area contributed by atoms with E-state index in [1.165, 1.54) is 4.88 Å². The second-order valence-corrected chi connectivity index (χ2v) is 10.2. The zero-order valence-corrected chi connectivity index (χ0v) is 19.6. The van der Waals surface area contributed by atoms with Gasteiger partial charge in [-0.3, -0.25) is 9.69 Å². The van der Waals surface area contributed by atoms with E-state index in [4.69, 9.17) is 0 Å². The SMILES string of the molecule is CC(C)CN(C[C@@H]1CN(Cc2cccs2)C[C@H]1c1ccc(F)cc1)C(=O)c1ccccc1. The number of halogens is 1. The van der Waals surface area contributed by atoms with E-state index in [0.717, 1.165) is 37.3 Å².